The lowest BCUT2D eigenvalue weighted by Gasteiger charge is -2.10. The van der Waals surface area contributed by atoms with Crippen molar-refractivity contribution in [3.8, 4) is 0 Å². The molecule has 0 saturated carbocycles. The number of nitrogen functional groups attached to an aromatic ring is 1. The summed E-state index contributed by atoms with van der Waals surface area (Å²) in [6.07, 6.45) is 1.46. The van der Waals surface area contributed by atoms with Gasteiger partial charge in [-0.15, -0.1) is 0 Å². The maximum atomic E-state index is 6.09. The van der Waals surface area contributed by atoms with Gasteiger partial charge in [-0.2, -0.15) is 0 Å². The molecule has 8 heteroatoms. The van der Waals surface area contributed by atoms with E-state index < -0.39 is 0 Å². The van der Waals surface area contributed by atoms with Gasteiger partial charge in [0.1, 0.15) is 12.0 Å². The van der Waals surface area contributed by atoms with E-state index in [4.69, 9.17) is 10.5 Å². The van der Waals surface area contributed by atoms with Gasteiger partial charge >= 0.3 is 0 Å². The van der Waals surface area contributed by atoms with Crippen molar-refractivity contribution in [3.05, 3.63) is 30.6 Å². The highest BCUT2D eigenvalue weighted by Gasteiger charge is 2.10. The summed E-state index contributed by atoms with van der Waals surface area (Å²) in [5.74, 6) is 1.12. The first-order valence-electron chi connectivity index (χ1n) is 6.74. The van der Waals surface area contributed by atoms with E-state index in [0.717, 1.165) is 15.3 Å². The van der Waals surface area contributed by atoms with Crippen molar-refractivity contribution in [2.75, 3.05) is 36.6 Å². The molecule has 0 aliphatic heterocycles. The molecule has 0 amide bonds. The molecule has 0 aliphatic carbocycles. The summed E-state index contributed by atoms with van der Waals surface area (Å²) < 4.78 is 6.10. The van der Waals surface area contributed by atoms with Crippen LogP contribution in [0.4, 0.5) is 22.5 Å². The minimum absolute atomic E-state index is 0.456. The summed E-state index contributed by atoms with van der Waals surface area (Å²) in [4.78, 5) is 12.8. The Bertz CT molecular complexity index is 742. The number of methoxy groups -OCH3 is 1. The molecule has 0 spiro atoms. The summed E-state index contributed by atoms with van der Waals surface area (Å²) in [5.41, 5.74) is 7.50. The highest BCUT2D eigenvalue weighted by atomic mass is 32.1. The van der Waals surface area contributed by atoms with Crippen molar-refractivity contribution in [2.24, 2.45) is 0 Å². The van der Waals surface area contributed by atoms with Gasteiger partial charge in [-0.3, -0.25) is 0 Å². The monoisotopic (exact) mass is 316 g/mol. The number of para-hydroxylation sites is 1. The van der Waals surface area contributed by atoms with E-state index in [1.54, 1.807) is 18.4 Å². The zero-order valence-electron chi connectivity index (χ0n) is 12.0. The molecular formula is C14H16N6OS. The van der Waals surface area contributed by atoms with Crippen molar-refractivity contribution in [1.29, 1.82) is 0 Å². The number of nitrogens with zero attached hydrogens (tertiary/aromatic N) is 3. The van der Waals surface area contributed by atoms with Crippen molar-refractivity contribution >= 4 is 44.0 Å². The average molecular weight is 316 g/mol. The molecule has 7 nitrogen and oxygen atoms in total. The van der Waals surface area contributed by atoms with Gasteiger partial charge in [-0.25, -0.2) is 15.0 Å². The number of rotatable bonds is 6. The van der Waals surface area contributed by atoms with Crippen LogP contribution in [0.2, 0.25) is 0 Å². The second kappa shape index (κ2) is 6.54. The Morgan fingerprint density at radius 2 is 2.05 bits per heavy atom. The lowest BCUT2D eigenvalue weighted by atomic mass is 10.3. The topological polar surface area (TPSA) is 98.0 Å². The summed E-state index contributed by atoms with van der Waals surface area (Å²) in [7, 11) is 1.64. The summed E-state index contributed by atoms with van der Waals surface area (Å²) in [6, 6.07) is 7.95. The van der Waals surface area contributed by atoms with E-state index >= 15 is 0 Å². The molecule has 0 bridgehead atoms. The van der Waals surface area contributed by atoms with E-state index in [-0.39, 0.29) is 0 Å². The molecule has 4 N–H and O–H groups in total. The molecule has 0 radical (unpaired) electrons. The van der Waals surface area contributed by atoms with Crippen LogP contribution in [0.3, 0.4) is 0 Å². The van der Waals surface area contributed by atoms with Gasteiger partial charge < -0.3 is 21.1 Å². The van der Waals surface area contributed by atoms with E-state index in [9.17, 15) is 0 Å². The Kier molecular flexibility index (Phi) is 4.31. The SMILES string of the molecule is COCCNc1ncnc(Nc2nc3ccccc3s2)c1N. The summed E-state index contributed by atoms with van der Waals surface area (Å²) >= 11 is 1.55. The number of nitrogens with two attached hydrogens (primary N) is 1. The van der Waals surface area contributed by atoms with Gasteiger partial charge in [-0.05, 0) is 12.1 Å². The first kappa shape index (κ1) is 14.5. The number of hydrogen-bond donors (Lipinski definition) is 3. The van der Waals surface area contributed by atoms with Crippen molar-refractivity contribution < 1.29 is 4.74 Å². The number of ether oxygens (including phenoxy) is 1. The number of fused-ring (bicyclic) bond motifs is 1. The highest BCUT2D eigenvalue weighted by Crippen LogP contribution is 2.30. The number of hydrogen-bond acceptors (Lipinski definition) is 8. The Morgan fingerprint density at radius 3 is 2.86 bits per heavy atom. The molecule has 0 unspecified atom stereocenters. The van der Waals surface area contributed by atoms with Gasteiger partial charge in [0.05, 0.1) is 16.8 Å². The number of nitrogens with one attached hydrogen (secondary N) is 2. The molecule has 22 heavy (non-hydrogen) atoms. The quantitative estimate of drug-likeness (QED) is 0.601. The van der Waals surface area contributed by atoms with E-state index in [0.29, 0.717) is 30.5 Å². The largest absolute Gasteiger partial charge is 0.393 e. The first-order chi connectivity index (χ1) is 10.8. The lowest BCUT2D eigenvalue weighted by molar-refractivity contribution is 0.210. The molecule has 0 aliphatic rings. The Labute approximate surface area is 131 Å². The van der Waals surface area contributed by atoms with Crippen LogP contribution < -0.4 is 16.4 Å². The molecule has 0 saturated heterocycles. The Balaban J connectivity index is 1.80. The third-order valence-electron chi connectivity index (χ3n) is 3.00. The number of aromatic nitrogens is 3. The number of anilines is 4. The van der Waals surface area contributed by atoms with E-state index in [2.05, 4.69) is 25.6 Å². The summed E-state index contributed by atoms with van der Waals surface area (Å²) in [6.45, 7) is 1.20. The minimum atomic E-state index is 0.456. The molecule has 1 aromatic carbocycles. The van der Waals surface area contributed by atoms with Crippen molar-refractivity contribution in [2.45, 2.75) is 0 Å². The fourth-order valence-electron chi connectivity index (χ4n) is 1.93. The number of benzene rings is 1. The normalized spacial score (nSPS) is 10.8. The van der Waals surface area contributed by atoms with Crippen LogP contribution in [0.15, 0.2) is 30.6 Å². The molecule has 3 aromatic rings. The predicted molar refractivity (Wildman–Crippen MR) is 89.7 cm³/mol. The third-order valence-corrected chi connectivity index (χ3v) is 3.95. The van der Waals surface area contributed by atoms with Gasteiger partial charge in [0, 0.05) is 13.7 Å². The molecule has 0 atom stereocenters. The van der Waals surface area contributed by atoms with Crippen LogP contribution in [0.5, 0.6) is 0 Å². The number of thiazole rings is 1. The van der Waals surface area contributed by atoms with Crippen LogP contribution in [-0.4, -0.2) is 35.2 Å². The zero-order valence-corrected chi connectivity index (χ0v) is 12.9. The molecule has 2 aromatic heterocycles. The van der Waals surface area contributed by atoms with Gasteiger partial charge in [0.15, 0.2) is 16.8 Å². The van der Waals surface area contributed by atoms with Crippen LogP contribution in [0, 0.1) is 0 Å². The van der Waals surface area contributed by atoms with E-state index in [1.165, 1.54) is 6.33 Å². The average Bonchev–Trinajstić information content (AvgIpc) is 2.93. The van der Waals surface area contributed by atoms with Crippen LogP contribution in [0.25, 0.3) is 10.2 Å². The molecule has 0 fully saturated rings. The highest BCUT2D eigenvalue weighted by molar-refractivity contribution is 7.22. The predicted octanol–water partition coefficient (Wildman–Crippen LogP) is 2.47. The van der Waals surface area contributed by atoms with Crippen LogP contribution in [0.1, 0.15) is 0 Å². The minimum Gasteiger partial charge on any atom is -0.393 e. The standard InChI is InChI=1S/C14H16N6OS/c1-21-7-6-16-12-11(15)13(18-8-17-12)20-14-19-9-4-2-3-5-10(9)22-14/h2-5,8H,6-7,15H2,1H3,(H2,16,17,18,19,20). The molecule has 114 valence electrons. The van der Waals surface area contributed by atoms with Crippen molar-refractivity contribution in [1.82, 2.24) is 15.0 Å². The van der Waals surface area contributed by atoms with Gasteiger partial charge in [0.2, 0.25) is 0 Å². The van der Waals surface area contributed by atoms with Crippen molar-refractivity contribution in [3.63, 3.8) is 0 Å². The fraction of sp³-hybridized carbons (Fsp3) is 0.214. The second-order valence-electron chi connectivity index (χ2n) is 4.52. The zero-order chi connectivity index (χ0) is 15.4. The maximum absolute atomic E-state index is 6.09. The molecular weight excluding hydrogens is 300 g/mol. The second-order valence-corrected chi connectivity index (χ2v) is 5.55. The Morgan fingerprint density at radius 1 is 1.23 bits per heavy atom. The first-order valence-corrected chi connectivity index (χ1v) is 7.55. The summed E-state index contributed by atoms with van der Waals surface area (Å²) in [5, 5.41) is 7.01. The lowest BCUT2D eigenvalue weighted by Crippen LogP contribution is -2.12. The Hall–Kier alpha value is -2.45. The fourth-order valence-corrected chi connectivity index (χ4v) is 2.80. The molecule has 2 heterocycles. The van der Waals surface area contributed by atoms with Gasteiger partial charge in [-0.1, -0.05) is 23.5 Å². The van der Waals surface area contributed by atoms with E-state index in [1.807, 2.05) is 24.3 Å². The maximum Gasteiger partial charge on any atom is 0.189 e. The van der Waals surface area contributed by atoms with Gasteiger partial charge in [0.25, 0.3) is 0 Å². The third kappa shape index (κ3) is 3.07. The molecule has 3 rings (SSSR count). The smallest absolute Gasteiger partial charge is 0.189 e. The van der Waals surface area contributed by atoms with Crippen LogP contribution in [-0.2, 0) is 4.74 Å². The van der Waals surface area contributed by atoms with Crippen LogP contribution >= 0.6 is 11.3 Å².